The van der Waals surface area contributed by atoms with E-state index in [1.807, 2.05) is 98.0 Å². The lowest BCUT2D eigenvalue weighted by molar-refractivity contribution is -0.160. The van der Waals surface area contributed by atoms with Gasteiger partial charge < -0.3 is 45.4 Å². The van der Waals surface area contributed by atoms with Crippen LogP contribution in [0.25, 0.3) is 21.8 Å². The lowest BCUT2D eigenvalue weighted by Crippen LogP contribution is -2.55. The van der Waals surface area contributed by atoms with Crippen LogP contribution in [0.15, 0.2) is 60.9 Å². The van der Waals surface area contributed by atoms with Gasteiger partial charge in [0.05, 0.1) is 6.04 Å². The Morgan fingerprint density at radius 2 is 1.10 bits per heavy atom. The second-order valence-electron chi connectivity index (χ2n) is 17.1. The summed E-state index contributed by atoms with van der Waals surface area (Å²) < 4.78 is 14.9. The van der Waals surface area contributed by atoms with E-state index in [2.05, 4.69) is 16.0 Å². The Labute approximate surface area is 348 Å². The van der Waals surface area contributed by atoms with Crippen molar-refractivity contribution < 1.29 is 38.6 Å². The van der Waals surface area contributed by atoms with Crippen molar-refractivity contribution in [1.29, 1.82) is 0 Å². The highest BCUT2D eigenvalue weighted by molar-refractivity contribution is 5.92. The molecule has 2 aromatic carbocycles. The third kappa shape index (κ3) is 14.1. The number of hydrogen-bond donors (Lipinski definition) is 5. The van der Waals surface area contributed by atoms with E-state index in [0.717, 1.165) is 32.9 Å². The lowest BCUT2D eigenvalue weighted by Gasteiger charge is -2.28. The summed E-state index contributed by atoms with van der Waals surface area (Å²) in [5, 5.41) is 19.2. The second-order valence-corrected chi connectivity index (χ2v) is 17.1. The number of aromatic nitrogens is 2. The summed E-state index contributed by atoms with van der Waals surface area (Å²) in [7, 11) is 3.87. The Morgan fingerprint density at radius 1 is 0.672 bits per heavy atom. The van der Waals surface area contributed by atoms with E-state index in [0.29, 0.717) is 6.42 Å². The monoisotopic (exact) mass is 826 g/mol. The number of carboxylic acids is 1. The quantitative estimate of drug-likeness (QED) is 0.104. The Morgan fingerprint density at radius 3 is 1.53 bits per heavy atom. The van der Waals surface area contributed by atoms with Gasteiger partial charge in [0.1, 0.15) is 29.3 Å². The summed E-state index contributed by atoms with van der Waals surface area (Å²) in [6.45, 7) is 17.7. The summed E-state index contributed by atoms with van der Waals surface area (Å²) in [6.07, 6.45) is 3.78. The molecule has 4 aromatic rings. The van der Waals surface area contributed by atoms with Gasteiger partial charge in [-0.1, -0.05) is 64.1 Å². The van der Waals surface area contributed by atoms with Crippen molar-refractivity contribution in [2.75, 3.05) is 0 Å². The molecule has 14 nitrogen and oxygen atoms in total. The van der Waals surface area contributed by atoms with Gasteiger partial charge in [-0.15, -0.1) is 12.4 Å². The summed E-state index contributed by atoms with van der Waals surface area (Å²) in [4.78, 5) is 62.1. The van der Waals surface area contributed by atoms with Gasteiger partial charge in [0.2, 0.25) is 11.8 Å². The number of aliphatic carboxylic acids is 1. The fourth-order valence-corrected chi connectivity index (χ4v) is 6.28. The molecule has 3 amide bonds. The van der Waals surface area contributed by atoms with E-state index < -0.39 is 65.2 Å². The van der Waals surface area contributed by atoms with Crippen molar-refractivity contribution in [2.24, 2.45) is 31.7 Å². The summed E-state index contributed by atoms with van der Waals surface area (Å²) in [5.41, 5.74) is 8.53. The number of amides is 3. The minimum atomic E-state index is -1.05. The number of para-hydroxylation sites is 2. The van der Waals surface area contributed by atoms with E-state index in [1.54, 1.807) is 55.4 Å². The summed E-state index contributed by atoms with van der Waals surface area (Å²) in [5.74, 6) is -2.91. The molecule has 0 aliphatic heterocycles. The van der Waals surface area contributed by atoms with Crippen LogP contribution in [0.1, 0.15) is 80.4 Å². The Bertz CT molecular complexity index is 2040. The molecule has 15 heteroatoms. The number of aryl methyl sites for hydroxylation is 2. The van der Waals surface area contributed by atoms with Gasteiger partial charge in [-0.2, -0.15) is 0 Å². The molecular formula is C43H63ClN6O8. The highest BCUT2D eigenvalue weighted by Gasteiger charge is 2.33. The first-order chi connectivity index (χ1) is 26.4. The third-order valence-electron chi connectivity index (χ3n) is 9.02. The van der Waals surface area contributed by atoms with Crippen molar-refractivity contribution in [3.05, 3.63) is 72.1 Å². The maximum atomic E-state index is 13.4. The van der Waals surface area contributed by atoms with Crippen LogP contribution in [0.4, 0.5) is 4.79 Å². The van der Waals surface area contributed by atoms with Crippen LogP contribution in [0, 0.1) is 11.8 Å². The molecule has 320 valence electrons. The zero-order chi connectivity index (χ0) is 43.0. The number of ether oxygens (including phenoxy) is 2. The van der Waals surface area contributed by atoms with Gasteiger partial charge in [0, 0.05) is 54.7 Å². The van der Waals surface area contributed by atoms with Crippen LogP contribution >= 0.6 is 12.4 Å². The first kappa shape index (κ1) is 49.1. The number of carbonyl (C=O) groups excluding carboxylic acids is 4. The van der Waals surface area contributed by atoms with Crippen LogP contribution in [0.2, 0.25) is 0 Å². The highest BCUT2D eigenvalue weighted by Crippen LogP contribution is 2.23. The number of nitrogens with one attached hydrogen (secondary N) is 3. The minimum absolute atomic E-state index is 0. The van der Waals surface area contributed by atoms with Crippen LogP contribution < -0.4 is 21.7 Å². The molecule has 58 heavy (non-hydrogen) atoms. The van der Waals surface area contributed by atoms with Crippen molar-refractivity contribution in [3.63, 3.8) is 0 Å². The van der Waals surface area contributed by atoms with Crippen LogP contribution in [0.5, 0.6) is 0 Å². The highest BCUT2D eigenvalue weighted by atomic mass is 35.5. The van der Waals surface area contributed by atoms with E-state index in [9.17, 15) is 24.0 Å². The molecule has 0 spiro atoms. The molecule has 2 heterocycles. The zero-order valence-corrected chi connectivity index (χ0v) is 36.7. The average molecular weight is 827 g/mol. The van der Waals surface area contributed by atoms with Crippen LogP contribution in [0.3, 0.4) is 0 Å². The van der Waals surface area contributed by atoms with E-state index >= 15 is 0 Å². The molecule has 0 unspecified atom stereocenters. The number of benzene rings is 2. The number of hydrogen-bond acceptors (Lipinski definition) is 8. The fraction of sp³-hybridized carbons (Fsp3) is 0.512. The molecule has 0 aliphatic carbocycles. The maximum absolute atomic E-state index is 13.4. The molecule has 0 saturated heterocycles. The molecule has 6 N–H and O–H groups in total. The van der Waals surface area contributed by atoms with Crippen molar-refractivity contribution in [3.8, 4) is 0 Å². The SMILES string of the molecule is CC(C)[C@H](NC(=O)[C@@H](Cc1cn(C)c2ccccc12)NC(=O)OC(C)(C)C)C(=O)OC(C)(C)C.CC(C)[C@H](NC(=O)[C@H](N)Cc1cn(C)c2ccccc12)C(=O)O.Cl. The molecule has 4 atom stereocenters. The molecule has 0 aliphatic rings. The van der Waals surface area contributed by atoms with Gasteiger partial charge in [-0.05, 0) is 83.1 Å². The number of carbonyl (C=O) groups is 5. The molecule has 2 aromatic heterocycles. The zero-order valence-electron chi connectivity index (χ0n) is 35.8. The Kier molecular flexibility index (Phi) is 17.4. The van der Waals surface area contributed by atoms with Crippen molar-refractivity contribution in [2.45, 2.75) is 117 Å². The van der Waals surface area contributed by atoms with Gasteiger partial charge >= 0.3 is 18.0 Å². The number of fused-ring (bicyclic) bond motifs is 2. The van der Waals surface area contributed by atoms with Gasteiger partial charge in [0.15, 0.2) is 0 Å². The number of alkyl carbamates (subject to hydrolysis) is 1. The minimum Gasteiger partial charge on any atom is -0.480 e. The van der Waals surface area contributed by atoms with Crippen LogP contribution in [-0.4, -0.2) is 79.5 Å². The number of nitrogens with two attached hydrogens (primary N) is 1. The molecule has 4 rings (SSSR count). The lowest BCUT2D eigenvalue weighted by atomic mass is 10.0. The van der Waals surface area contributed by atoms with Crippen molar-refractivity contribution >= 4 is 64.1 Å². The molecule has 0 radical (unpaired) electrons. The van der Waals surface area contributed by atoms with E-state index in [-0.39, 0.29) is 30.7 Å². The first-order valence-corrected chi connectivity index (χ1v) is 19.3. The molecule has 0 saturated carbocycles. The topological polar surface area (TPSA) is 196 Å². The first-order valence-electron chi connectivity index (χ1n) is 19.3. The number of carboxylic acid groups (broad SMARTS) is 1. The number of halogens is 1. The van der Waals surface area contributed by atoms with Crippen LogP contribution in [-0.2, 0) is 55.6 Å². The van der Waals surface area contributed by atoms with E-state index in [1.165, 1.54) is 0 Å². The molecular weight excluding hydrogens is 764 g/mol. The fourth-order valence-electron chi connectivity index (χ4n) is 6.28. The Hall–Kier alpha value is -5.08. The number of esters is 1. The standard InChI is InChI=1S/C26H39N3O5.C17H23N3O3.ClH/c1-16(2)21(23(31)33-25(3,4)5)28-22(30)19(27-24(32)34-26(6,7)8)14-17-15-29(9)20-13-11-10-12-18(17)20;1-10(2)15(17(22)23)19-16(21)13(18)8-11-9-20(3)14-7-5-4-6-12(11)14;/h10-13,15-16,19,21H,14H2,1-9H3,(H,27,32)(H,28,30);4-7,9-10,13,15H,8,18H2,1-3H3,(H,19,21)(H,22,23);1H/t19-,21+;13-,15+;/m11./s1. The smallest absolute Gasteiger partial charge is 0.408 e. The van der Waals surface area contributed by atoms with Gasteiger partial charge in [-0.25, -0.2) is 14.4 Å². The molecule has 0 fully saturated rings. The van der Waals surface area contributed by atoms with Crippen molar-refractivity contribution in [1.82, 2.24) is 25.1 Å². The molecule has 0 bridgehead atoms. The average Bonchev–Trinajstić information content (AvgIpc) is 3.58. The third-order valence-corrected chi connectivity index (χ3v) is 9.02. The normalized spacial score (nSPS) is 13.7. The second kappa shape index (κ2) is 20.6. The summed E-state index contributed by atoms with van der Waals surface area (Å²) >= 11 is 0. The predicted molar refractivity (Wildman–Crippen MR) is 229 cm³/mol. The van der Waals surface area contributed by atoms with Gasteiger partial charge in [0.25, 0.3) is 0 Å². The largest absolute Gasteiger partial charge is 0.480 e. The Balaban J connectivity index is 0.000000422. The van der Waals surface area contributed by atoms with E-state index in [4.69, 9.17) is 20.3 Å². The predicted octanol–water partition coefficient (Wildman–Crippen LogP) is 5.79. The summed E-state index contributed by atoms with van der Waals surface area (Å²) in [6, 6.07) is 12.2. The number of nitrogens with zero attached hydrogens (tertiary/aromatic N) is 2. The van der Waals surface area contributed by atoms with Gasteiger partial charge in [-0.3, -0.25) is 9.59 Å². The maximum Gasteiger partial charge on any atom is 0.408 e. The number of rotatable bonds is 13.